The molecule has 22 heavy (non-hydrogen) atoms. The molecule has 0 aliphatic carbocycles. The number of hydrogen-bond acceptors (Lipinski definition) is 2. The lowest BCUT2D eigenvalue weighted by atomic mass is 10.2. The maximum Gasteiger partial charge on any atom is 0.352 e. The number of aromatic nitrogens is 1. The van der Waals surface area contributed by atoms with Crippen LogP contribution in [0.15, 0.2) is 46.2 Å². The highest BCUT2D eigenvalue weighted by atomic mass is 35.5. The van der Waals surface area contributed by atoms with Gasteiger partial charge in [-0.25, -0.2) is 4.79 Å². The maximum atomic E-state index is 11.0. The Kier molecular flexibility index (Phi) is 4.28. The number of H-pyrrole nitrogens is 1. The molecular formula is C15H8Cl3NO2S. The molecule has 0 spiro atoms. The van der Waals surface area contributed by atoms with Gasteiger partial charge < -0.3 is 10.1 Å². The van der Waals surface area contributed by atoms with Crippen LogP contribution in [-0.4, -0.2) is 16.1 Å². The van der Waals surface area contributed by atoms with E-state index in [-0.39, 0.29) is 5.69 Å². The first-order chi connectivity index (χ1) is 10.4. The molecule has 2 aromatic carbocycles. The molecule has 0 saturated carbocycles. The maximum absolute atomic E-state index is 11.0. The van der Waals surface area contributed by atoms with E-state index in [1.807, 2.05) is 12.1 Å². The second kappa shape index (κ2) is 6.05. The molecule has 0 atom stereocenters. The standard InChI is InChI=1S/C15H8Cl3NO2S/c16-10-2-1-7(3-12(10)18)22-8-4-11(17)9-6-14(15(20)21)19-13(9)5-8/h1-6,19H,(H,20,21). The summed E-state index contributed by atoms with van der Waals surface area (Å²) in [6.07, 6.45) is 0. The van der Waals surface area contributed by atoms with Gasteiger partial charge in [0.1, 0.15) is 5.69 Å². The molecular weight excluding hydrogens is 365 g/mol. The topological polar surface area (TPSA) is 53.1 Å². The summed E-state index contributed by atoms with van der Waals surface area (Å²) in [6, 6.07) is 10.5. The Hall–Kier alpha value is -1.33. The van der Waals surface area contributed by atoms with E-state index < -0.39 is 5.97 Å². The van der Waals surface area contributed by atoms with E-state index in [0.717, 1.165) is 9.79 Å². The number of carboxylic acid groups (broad SMARTS) is 1. The van der Waals surface area contributed by atoms with Gasteiger partial charge in [0, 0.05) is 20.7 Å². The molecule has 1 heterocycles. The number of carbonyl (C=O) groups is 1. The summed E-state index contributed by atoms with van der Waals surface area (Å²) in [7, 11) is 0. The Labute approximate surface area is 145 Å². The second-order valence-electron chi connectivity index (χ2n) is 4.53. The number of hydrogen-bond donors (Lipinski definition) is 2. The van der Waals surface area contributed by atoms with Crippen molar-refractivity contribution < 1.29 is 9.90 Å². The van der Waals surface area contributed by atoms with Crippen LogP contribution >= 0.6 is 46.6 Å². The van der Waals surface area contributed by atoms with Gasteiger partial charge in [-0.1, -0.05) is 46.6 Å². The minimum Gasteiger partial charge on any atom is -0.477 e. The SMILES string of the molecule is O=C(O)c1cc2c(Cl)cc(Sc3ccc(Cl)c(Cl)c3)cc2[nH]1. The number of aromatic amines is 1. The van der Waals surface area contributed by atoms with E-state index >= 15 is 0 Å². The van der Waals surface area contributed by atoms with Crippen molar-refractivity contribution in [2.24, 2.45) is 0 Å². The molecule has 0 saturated heterocycles. The van der Waals surface area contributed by atoms with E-state index in [2.05, 4.69) is 4.98 Å². The Balaban J connectivity index is 2.00. The summed E-state index contributed by atoms with van der Waals surface area (Å²) in [5.41, 5.74) is 0.779. The lowest BCUT2D eigenvalue weighted by Gasteiger charge is -2.05. The van der Waals surface area contributed by atoms with Gasteiger partial charge >= 0.3 is 5.97 Å². The molecule has 0 amide bonds. The van der Waals surface area contributed by atoms with E-state index in [4.69, 9.17) is 39.9 Å². The summed E-state index contributed by atoms with van der Waals surface area (Å²) in [5, 5.41) is 11.2. The molecule has 0 radical (unpaired) electrons. The van der Waals surface area contributed by atoms with Gasteiger partial charge in [0.2, 0.25) is 0 Å². The zero-order valence-corrected chi connectivity index (χ0v) is 13.9. The van der Waals surface area contributed by atoms with Crippen LogP contribution in [0, 0.1) is 0 Å². The van der Waals surface area contributed by atoms with Crippen molar-refractivity contribution in [3.63, 3.8) is 0 Å². The first-order valence-corrected chi connectivity index (χ1v) is 8.07. The van der Waals surface area contributed by atoms with E-state index in [1.54, 1.807) is 18.2 Å². The lowest BCUT2D eigenvalue weighted by Crippen LogP contribution is -1.94. The van der Waals surface area contributed by atoms with Gasteiger partial charge in [0.15, 0.2) is 0 Å². The van der Waals surface area contributed by atoms with Crippen LogP contribution in [-0.2, 0) is 0 Å². The number of halogens is 3. The second-order valence-corrected chi connectivity index (χ2v) is 6.90. The van der Waals surface area contributed by atoms with Crippen molar-refractivity contribution in [3.8, 4) is 0 Å². The molecule has 3 nitrogen and oxygen atoms in total. The Bertz CT molecular complexity index is 892. The Morgan fingerprint density at radius 1 is 0.955 bits per heavy atom. The summed E-state index contributed by atoms with van der Waals surface area (Å²) >= 11 is 19.6. The van der Waals surface area contributed by atoms with Crippen molar-refractivity contribution in [3.05, 3.63) is 57.2 Å². The van der Waals surface area contributed by atoms with Gasteiger partial charge in [-0.15, -0.1) is 0 Å². The molecule has 3 aromatic rings. The first kappa shape index (κ1) is 15.6. The zero-order chi connectivity index (χ0) is 15.9. The van der Waals surface area contributed by atoms with Crippen LogP contribution < -0.4 is 0 Å². The average Bonchev–Trinajstić information content (AvgIpc) is 2.88. The predicted molar refractivity (Wildman–Crippen MR) is 90.9 cm³/mol. The number of nitrogens with one attached hydrogen (secondary N) is 1. The van der Waals surface area contributed by atoms with Crippen LogP contribution in [0.3, 0.4) is 0 Å². The van der Waals surface area contributed by atoms with Crippen LogP contribution in [0.25, 0.3) is 10.9 Å². The highest BCUT2D eigenvalue weighted by Gasteiger charge is 2.12. The van der Waals surface area contributed by atoms with E-state index in [9.17, 15) is 4.79 Å². The highest BCUT2D eigenvalue weighted by molar-refractivity contribution is 7.99. The van der Waals surface area contributed by atoms with Gasteiger partial charge in [0.25, 0.3) is 0 Å². The smallest absolute Gasteiger partial charge is 0.352 e. The molecule has 0 fully saturated rings. The molecule has 0 unspecified atom stereocenters. The minimum absolute atomic E-state index is 0.105. The van der Waals surface area contributed by atoms with Crippen LogP contribution in [0.2, 0.25) is 15.1 Å². The monoisotopic (exact) mass is 371 g/mol. The number of fused-ring (bicyclic) bond motifs is 1. The average molecular weight is 373 g/mol. The molecule has 0 aliphatic heterocycles. The fourth-order valence-electron chi connectivity index (χ4n) is 2.02. The van der Waals surface area contributed by atoms with E-state index in [1.165, 1.54) is 17.8 Å². The van der Waals surface area contributed by atoms with Gasteiger partial charge in [0.05, 0.1) is 15.1 Å². The van der Waals surface area contributed by atoms with Gasteiger partial charge in [-0.2, -0.15) is 0 Å². The third kappa shape index (κ3) is 3.06. The van der Waals surface area contributed by atoms with Crippen molar-refractivity contribution in [1.29, 1.82) is 0 Å². The molecule has 1 aromatic heterocycles. The van der Waals surface area contributed by atoms with Crippen LogP contribution in [0.1, 0.15) is 10.5 Å². The number of carboxylic acids is 1. The van der Waals surface area contributed by atoms with Crippen molar-refractivity contribution in [1.82, 2.24) is 4.98 Å². The molecule has 3 rings (SSSR count). The minimum atomic E-state index is -1.02. The van der Waals surface area contributed by atoms with Gasteiger partial charge in [-0.3, -0.25) is 0 Å². The third-order valence-electron chi connectivity index (χ3n) is 3.02. The number of rotatable bonds is 3. The predicted octanol–water partition coefficient (Wildman–Crippen LogP) is 5.98. The summed E-state index contributed by atoms with van der Waals surface area (Å²) < 4.78 is 0. The van der Waals surface area contributed by atoms with E-state index in [0.29, 0.717) is 26.0 Å². The zero-order valence-electron chi connectivity index (χ0n) is 10.9. The van der Waals surface area contributed by atoms with Crippen molar-refractivity contribution in [2.75, 3.05) is 0 Å². The van der Waals surface area contributed by atoms with Crippen LogP contribution in [0.4, 0.5) is 0 Å². The molecule has 112 valence electrons. The normalized spacial score (nSPS) is 11.0. The van der Waals surface area contributed by atoms with Gasteiger partial charge in [-0.05, 0) is 36.4 Å². The largest absolute Gasteiger partial charge is 0.477 e. The fourth-order valence-corrected chi connectivity index (χ4v) is 3.66. The number of aromatic carboxylic acids is 1. The van der Waals surface area contributed by atoms with Crippen molar-refractivity contribution >= 4 is 63.4 Å². The number of benzene rings is 2. The third-order valence-corrected chi connectivity index (χ3v) is 5.03. The Morgan fingerprint density at radius 3 is 2.36 bits per heavy atom. The first-order valence-electron chi connectivity index (χ1n) is 6.12. The summed E-state index contributed by atoms with van der Waals surface area (Å²) in [6.45, 7) is 0. The molecule has 2 N–H and O–H groups in total. The highest BCUT2D eigenvalue weighted by Crippen LogP contribution is 2.36. The van der Waals surface area contributed by atoms with Crippen molar-refractivity contribution in [2.45, 2.75) is 9.79 Å². The van der Waals surface area contributed by atoms with Crippen LogP contribution in [0.5, 0.6) is 0 Å². The molecule has 7 heteroatoms. The molecule has 0 aliphatic rings. The Morgan fingerprint density at radius 2 is 1.68 bits per heavy atom. The summed E-state index contributed by atoms with van der Waals surface area (Å²) in [4.78, 5) is 15.6. The quantitative estimate of drug-likeness (QED) is 0.595. The molecule has 0 bridgehead atoms. The summed E-state index contributed by atoms with van der Waals surface area (Å²) in [5.74, 6) is -1.02. The fraction of sp³-hybridized carbons (Fsp3) is 0. The lowest BCUT2D eigenvalue weighted by molar-refractivity contribution is 0.0691.